The summed E-state index contributed by atoms with van der Waals surface area (Å²) < 4.78 is 9.87. The van der Waals surface area contributed by atoms with Crippen molar-refractivity contribution in [1.82, 2.24) is 0 Å². The molecule has 0 radical (unpaired) electrons. The first-order chi connectivity index (χ1) is 8.02. The first-order valence-corrected chi connectivity index (χ1v) is 5.64. The number of halogens is 1. The van der Waals surface area contributed by atoms with Gasteiger partial charge in [0.1, 0.15) is 11.6 Å². The molecule has 4 nitrogen and oxygen atoms in total. The van der Waals surface area contributed by atoms with Crippen LogP contribution in [0.1, 0.15) is 24.2 Å². The Hall–Kier alpha value is -1.55. The SMILES string of the molecule is CC(C)OC(=O)c1ccc(OC(=O)CCl)cc1. The van der Waals surface area contributed by atoms with Gasteiger partial charge in [-0.05, 0) is 38.1 Å². The molecule has 0 aliphatic heterocycles. The minimum Gasteiger partial charge on any atom is -0.459 e. The Balaban J connectivity index is 2.67. The van der Waals surface area contributed by atoms with E-state index in [0.717, 1.165) is 0 Å². The van der Waals surface area contributed by atoms with E-state index in [1.165, 1.54) is 24.3 Å². The largest absolute Gasteiger partial charge is 0.459 e. The Kier molecular flexibility index (Phi) is 4.97. The topological polar surface area (TPSA) is 52.6 Å². The van der Waals surface area contributed by atoms with Crippen molar-refractivity contribution in [3.05, 3.63) is 29.8 Å². The number of ether oxygens (including phenoxy) is 2. The lowest BCUT2D eigenvalue weighted by molar-refractivity contribution is -0.131. The lowest BCUT2D eigenvalue weighted by atomic mass is 10.2. The summed E-state index contributed by atoms with van der Waals surface area (Å²) in [5.41, 5.74) is 0.407. The summed E-state index contributed by atoms with van der Waals surface area (Å²) in [5, 5.41) is 0. The minimum atomic E-state index is -0.538. The second kappa shape index (κ2) is 6.25. The van der Waals surface area contributed by atoms with Crippen molar-refractivity contribution >= 4 is 23.5 Å². The second-order valence-corrected chi connectivity index (χ2v) is 3.85. The summed E-state index contributed by atoms with van der Waals surface area (Å²) in [4.78, 5) is 22.4. The predicted molar refractivity (Wildman–Crippen MR) is 63.3 cm³/mol. The van der Waals surface area contributed by atoms with Crippen LogP contribution in [0.4, 0.5) is 0 Å². The molecule has 1 rings (SSSR count). The molecule has 0 aliphatic rings. The fourth-order valence-electron chi connectivity index (χ4n) is 1.10. The fraction of sp³-hybridized carbons (Fsp3) is 0.333. The summed E-state index contributed by atoms with van der Waals surface area (Å²) in [6.07, 6.45) is -0.170. The van der Waals surface area contributed by atoms with Crippen molar-refractivity contribution in [3.63, 3.8) is 0 Å². The van der Waals surface area contributed by atoms with Gasteiger partial charge in [-0.1, -0.05) is 0 Å². The molecule has 0 bridgehead atoms. The van der Waals surface area contributed by atoms with Gasteiger partial charge in [0.15, 0.2) is 0 Å². The molecular formula is C12H13ClO4. The van der Waals surface area contributed by atoms with Crippen LogP contribution in [-0.4, -0.2) is 23.9 Å². The summed E-state index contributed by atoms with van der Waals surface area (Å²) >= 11 is 5.29. The average molecular weight is 257 g/mol. The lowest BCUT2D eigenvalue weighted by Crippen LogP contribution is -2.12. The molecule has 0 fully saturated rings. The molecule has 1 aromatic rings. The van der Waals surface area contributed by atoms with E-state index < -0.39 is 11.9 Å². The standard InChI is InChI=1S/C12H13ClO4/c1-8(2)16-12(15)9-3-5-10(6-4-9)17-11(14)7-13/h3-6,8H,7H2,1-2H3. The van der Waals surface area contributed by atoms with Gasteiger partial charge in [0.05, 0.1) is 11.7 Å². The van der Waals surface area contributed by atoms with Crippen molar-refractivity contribution in [3.8, 4) is 5.75 Å². The van der Waals surface area contributed by atoms with Crippen LogP contribution in [0.3, 0.4) is 0 Å². The van der Waals surface area contributed by atoms with Crippen LogP contribution in [0.15, 0.2) is 24.3 Å². The minimum absolute atomic E-state index is 0.170. The first kappa shape index (κ1) is 13.5. The Bertz CT molecular complexity index is 397. The van der Waals surface area contributed by atoms with E-state index in [2.05, 4.69) is 0 Å². The molecule has 0 aliphatic carbocycles. The van der Waals surface area contributed by atoms with E-state index in [4.69, 9.17) is 21.1 Å². The Morgan fingerprint density at radius 1 is 1.24 bits per heavy atom. The van der Waals surface area contributed by atoms with E-state index in [0.29, 0.717) is 11.3 Å². The highest BCUT2D eigenvalue weighted by atomic mass is 35.5. The van der Waals surface area contributed by atoms with Crippen LogP contribution in [-0.2, 0) is 9.53 Å². The van der Waals surface area contributed by atoms with Crippen LogP contribution in [0.2, 0.25) is 0 Å². The highest BCUT2D eigenvalue weighted by Gasteiger charge is 2.09. The van der Waals surface area contributed by atoms with Gasteiger partial charge in [0.25, 0.3) is 0 Å². The van der Waals surface area contributed by atoms with Crippen LogP contribution < -0.4 is 4.74 Å². The molecular weight excluding hydrogens is 244 g/mol. The Morgan fingerprint density at radius 2 is 1.82 bits per heavy atom. The van der Waals surface area contributed by atoms with Gasteiger partial charge in [-0.2, -0.15) is 0 Å². The number of hydrogen-bond donors (Lipinski definition) is 0. The van der Waals surface area contributed by atoms with E-state index in [-0.39, 0.29) is 12.0 Å². The van der Waals surface area contributed by atoms with Crippen LogP contribution in [0.5, 0.6) is 5.75 Å². The van der Waals surface area contributed by atoms with E-state index in [1.807, 2.05) is 0 Å². The normalized spacial score (nSPS) is 10.1. The highest BCUT2D eigenvalue weighted by molar-refractivity contribution is 6.26. The molecule has 0 spiro atoms. The zero-order valence-electron chi connectivity index (χ0n) is 9.60. The molecule has 0 amide bonds. The molecule has 0 heterocycles. The van der Waals surface area contributed by atoms with Gasteiger partial charge < -0.3 is 9.47 Å². The number of rotatable bonds is 4. The van der Waals surface area contributed by atoms with E-state index in [1.54, 1.807) is 13.8 Å². The monoisotopic (exact) mass is 256 g/mol. The molecule has 0 saturated heterocycles. The van der Waals surface area contributed by atoms with Crippen molar-refractivity contribution in [1.29, 1.82) is 0 Å². The van der Waals surface area contributed by atoms with Crippen molar-refractivity contribution in [2.24, 2.45) is 0 Å². The van der Waals surface area contributed by atoms with E-state index in [9.17, 15) is 9.59 Å². The average Bonchev–Trinajstić information content (AvgIpc) is 2.28. The molecule has 0 N–H and O–H groups in total. The Morgan fingerprint density at radius 3 is 2.29 bits per heavy atom. The maximum absolute atomic E-state index is 11.5. The summed E-state index contributed by atoms with van der Waals surface area (Å²) in [7, 11) is 0. The molecule has 92 valence electrons. The third-order valence-electron chi connectivity index (χ3n) is 1.77. The third-order valence-corrected chi connectivity index (χ3v) is 1.99. The van der Waals surface area contributed by atoms with Crippen molar-refractivity contribution in [2.75, 3.05) is 5.88 Å². The number of carbonyl (C=O) groups is 2. The summed E-state index contributed by atoms with van der Waals surface area (Å²) in [5.74, 6) is -0.812. The van der Waals surface area contributed by atoms with Crippen LogP contribution in [0, 0.1) is 0 Å². The van der Waals surface area contributed by atoms with Gasteiger partial charge in [-0.25, -0.2) is 4.79 Å². The first-order valence-electron chi connectivity index (χ1n) is 5.10. The van der Waals surface area contributed by atoms with Crippen molar-refractivity contribution < 1.29 is 19.1 Å². The molecule has 0 saturated carbocycles. The van der Waals surface area contributed by atoms with Crippen LogP contribution in [0.25, 0.3) is 0 Å². The zero-order valence-corrected chi connectivity index (χ0v) is 10.4. The summed E-state index contributed by atoms with van der Waals surface area (Å²) in [6, 6.07) is 6.09. The maximum Gasteiger partial charge on any atom is 0.338 e. The van der Waals surface area contributed by atoms with E-state index >= 15 is 0 Å². The fourth-order valence-corrected chi connectivity index (χ4v) is 1.15. The lowest BCUT2D eigenvalue weighted by Gasteiger charge is -2.08. The third kappa shape index (κ3) is 4.44. The molecule has 17 heavy (non-hydrogen) atoms. The van der Waals surface area contributed by atoms with Gasteiger partial charge in [-0.3, -0.25) is 4.79 Å². The number of hydrogen-bond acceptors (Lipinski definition) is 4. The van der Waals surface area contributed by atoms with Gasteiger partial charge in [-0.15, -0.1) is 11.6 Å². The van der Waals surface area contributed by atoms with Gasteiger partial charge in [0.2, 0.25) is 0 Å². The number of alkyl halides is 1. The number of esters is 2. The zero-order chi connectivity index (χ0) is 12.8. The molecule has 0 atom stereocenters. The van der Waals surface area contributed by atoms with Crippen molar-refractivity contribution in [2.45, 2.75) is 20.0 Å². The quantitative estimate of drug-likeness (QED) is 0.472. The smallest absolute Gasteiger partial charge is 0.338 e. The highest BCUT2D eigenvalue weighted by Crippen LogP contribution is 2.13. The molecule has 0 aromatic heterocycles. The predicted octanol–water partition coefficient (Wildman–Crippen LogP) is 2.40. The molecule has 5 heteroatoms. The maximum atomic E-state index is 11.5. The second-order valence-electron chi connectivity index (χ2n) is 3.59. The number of carbonyl (C=O) groups excluding carboxylic acids is 2. The number of benzene rings is 1. The summed E-state index contributed by atoms with van der Waals surface area (Å²) in [6.45, 7) is 3.54. The van der Waals surface area contributed by atoms with Gasteiger partial charge >= 0.3 is 11.9 Å². The van der Waals surface area contributed by atoms with Gasteiger partial charge in [0, 0.05) is 0 Å². The van der Waals surface area contributed by atoms with Crippen LogP contribution >= 0.6 is 11.6 Å². The Labute approximate surface area is 104 Å². The molecule has 1 aromatic carbocycles. The molecule has 0 unspecified atom stereocenters.